The predicted octanol–water partition coefficient (Wildman–Crippen LogP) is 1.79. The zero-order valence-electron chi connectivity index (χ0n) is 11.1. The van der Waals surface area contributed by atoms with E-state index in [1.807, 2.05) is 11.8 Å². The van der Waals surface area contributed by atoms with Crippen molar-refractivity contribution >= 4 is 16.5 Å². The summed E-state index contributed by atoms with van der Waals surface area (Å²) < 4.78 is 39.4. The molecule has 2 N–H and O–H groups in total. The fourth-order valence-electron chi connectivity index (χ4n) is 2.16. The van der Waals surface area contributed by atoms with Gasteiger partial charge in [0.15, 0.2) is 11.0 Å². The van der Waals surface area contributed by atoms with Gasteiger partial charge in [-0.15, -0.1) is 21.5 Å². The van der Waals surface area contributed by atoms with Crippen LogP contribution in [0.2, 0.25) is 0 Å². The molecule has 3 rings (SSSR count). The van der Waals surface area contributed by atoms with Crippen molar-refractivity contribution in [1.82, 2.24) is 19.7 Å². The summed E-state index contributed by atoms with van der Waals surface area (Å²) in [7, 11) is 0. The molecule has 1 unspecified atom stereocenters. The van der Waals surface area contributed by atoms with E-state index in [1.165, 1.54) is 11.3 Å². The lowest BCUT2D eigenvalue weighted by atomic mass is 10.3. The fraction of sp³-hybridized carbons (Fsp3) is 0.545. The summed E-state index contributed by atoms with van der Waals surface area (Å²) in [5.74, 6) is -0.640. The maximum Gasteiger partial charge on any atom is 0.451 e. The van der Waals surface area contributed by atoms with Crippen molar-refractivity contribution < 1.29 is 13.2 Å². The summed E-state index contributed by atoms with van der Waals surface area (Å²) >= 11 is 1.44. The predicted molar refractivity (Wildman–Crippen MR) is 70.8 cm³/mol. The minimum absolute atomic E-state index is 0.110. The van der Waals surface area contributed by atoms with Gasteiger partial charge in [-0.1, -0.05) is 0 Å². The Bertz CT molecular complexity index is 647. The molecule has 0 bridgehead atoms. The highest BCUT2D eigenvalue weighted by Crippen LogP contribution is 2.32. The largest absolute Gasteiger partial charge is 0.451 e. The van der Waals surface area contributed by atoms with Crippen LogP contribution in [-0.2, 0) is 19.3 Å². The molecule has 0 aromatic carbocycles. The number of nitrogens with zero attached hydrogens (tertiary/aromatic N) is 5. The van der Waals surface area contributed by atoms with Crippen LogP contribution < -0.4 is 10.6 Å². The average Bonchev–Trinajstić information content (AvgIpc) is 3.04. The molecule has 3 heterocycles. The molecule has 0 saturated carbocycles. The second-order valence-corrected chi connectivity index (χ2v) is 5.89. The maximum atomic E-state index is 12.8. The van der Waals surface area contributed by atoms with E-state index in [4.69, 9.17) is 5.73 Å². The van der Waals surface area contributed by atoms with E-state index >= 15 is 0 Å². The van der Waals surface area contributed by atoms with E-state index in [2.05, 4.69) is 15.2 Å². The minimum Gasteiger partial charge on any atom is -0.339 e. The Hall–Kier alpha value is -1.68. The lowest BCUT2D eigenvalue weighted by molar-refractivity contribution is -0.147. The zero-order valence-corrected chi connectivity index (χ0v) is 11.9. The second kappa shape index (κ2) is 4.95. The Labute approximate surface area is 122 Å². The quantitative estimate of drug-likeness (QED) is 0.914. The van der Waals surface area contributed by atoms with Crippen molar-refractivity contribution in [3.63, 3.8) is 0 Å². The van der Waals surface area contributed by atoms with Crippen molar-refractivity contribution in [2.45, 2.75) is 32.2 Å². The van der Waals surface area contributed by atoms with E-state index in [-0.39, 0.29) is 19.1 Å². The molecule has 0 radical (unpaired) electrons. The standard InChI is InChI=1S/C11H13F3N6S/c1-6(15)7-4-16-10(21-7)19-2-3-20-8(5-19)17-18-9(20)11(12,13)14/h4,6H,2-3,5,15H2,1H3. The summed E-state index contributed by atoms with van der Waals surface area (Å²) in [6, 6.07) is -0.110. The molecule has 21 heavy (non-hydrogen) atoms. The van der Waals surface area contributed by atoms with Gasteiger partial charge in [0, 0.05) is 30.2 Å². The monoisotopic (exact) mass is 318 g/mol. The summed E-state index contributed by atoms with van der Waals surface area (Å²) in [4.78, 5) is 7.10. The van der Waals surface area contributed by atoms with Crippen molar-refractivity contribution in [3.8, 4) is 0 Å². The Morgan fingerprint density at radius 2 is 2.10 bits per heavy atom. The van der Waals surface area contributed by atoms with E-state index in [9.17, 15) is 13.2 Å². The highest BCUT2D eigenvalue weighted by molar-refractivity contribution is 7.15. The number of anilines is 1. The van der Waals surface area contributed by atoms with Crippen LogP contribution in [0.3, 0.4) is 0 Å². The van der Waals surface area contributed by atoms with E-state index in [1.54, 1.807) is 6.20 Å². The van der Waals surface area contributed by atoms with E-state index in [0.29, 0.717) is 12.4 Å². The normalized spacial score (nSPS) is 16.9. The third-order valence-electron chi connectivity index (χ3n) is 3.24. The van der Waals surface area contributed by atoms with Crippen LogP contribution in [0.25, 0.3) is 0 Å². The SMILES string of the molecule is CC(N)c1cnc(N2CCn3c(nnc3C(F)(F)F)C2)s1. The van der Waals surface area contributed by atoms with Gasteiger partial charge in [-0.2, -0.15) is 13.2 Å². The molecule has 2 aromatic rings. The summed E-state index contributed by atoms with van der Waals surface area (Å²) in [6.07, 6.45) is -2.78. The molecule has 1 aliphatic rings. The summed E-state index contributed by atoms with van der Waals surface area (Å²) in [5, 5.41) is 7.64. The molecule has 0 saturated heterocycles. The molecule has 114 valence electrons. The first-order valence-corrected chi connectivity index (χ1v) is 7.13. The molecule has 1 aliphatic heterocycles. The lowest BCUT2D eigenvalue weighted by Gasteiger charge is -2.27. The molecule has 0 spiro atoms. The van der Waals surface area contributed by atoms with Gasteiger partial charge < -0.3 is 15.2 Å². The highest BCUT2D eigenvalue weighted by Gasteiger charge is 2.39. The van der Waals surface area contributed by atoms with Crippen LogP contribution in [0.1, 0.15) is 29.5 Å². The van der Waals surface area contributed by atoms with Crippen molar-refractivity contribution in [2.24, 2.45) is 5.73 Å². The Kier molecular flexibility index (Phi) is 3.36. The number of alkyl halides is 3. The van der Waals surface area contributed by atoms with Crippen molar-refractivity contribution in [1.29, 1.82) is 0 Å². The number of thiazole rings is 1. The molecule has 0 amide bonds. The summed E-state index contributed by atoms with van der Waals surface area (Å²) in [5.41, 5.74) is 5.78. The third kappa shape index (κ3) is 2.60. The Balaban J connectivity index is 1.83. The van der Waals surface area contributed by atoms with Gasteiger partial charge in [-0.3, -0.25) is 0 Å². The number of rotatable bonds is 2. The van der Waals surface area contributed by atoms with E-state index in [0.717, 1.165) is 14.6 Å². The number of halogens is 3. The van der Waals surface area contributed by atoms with Gasteiger partial charge >= 0.3 is 6.18 Å². The van der Waals surface area contributed by atoms with Gasteiger partial charge in [-0.25, -0.2) is 4.98 Å². The molecule has 6 nitrogen and oxygen atoms in total. The topological polar surface area (TPSA) is 72.9 Å². The lowest BCUT2D eigenvalue weighted by Crippen LogP contribution is -2.35. The fourth-order valence-corrected chi connectivity index (χ4v) is 3.06. The van der Waals surface area contributed by atoms with Crippen molar-refractivity contribution in [2.75, 3.05) is 11.4 Å². The number of aromatic nitrogens is 4. The van der Waals surface area contributed by atoms with Gasteiger partial charge in [0.05, 0.1) is 6.54 Å². The van der Waals surface area contributed by atoms with Gasteiger partial charge in [0.1, 0.15) is 0 Å². The average molecular weight is 318 g/mol. The second-order valence-electron chi connectivity index (χ2n) is 4.84. The first kappa shape index (κ1) is 14.3. The number of fused-ring (bicyclic) bond motifs is 1. The zero-order chi connectivity index (χ0) is 15.2. The Morgan fingerprint density at radius 1 is 1.33 bits per heavy atom. The highest BCUT2D eigenvalue weighted by atomic mass is 32.1. The van der Waals surface area contributed by atoms with Gasteiger partial charge in [-0.05, 0) is 6.92 Å². The molecule has 2 aromatic heterocycles. The molecule has 0 aliphatic carbocycles. The molecule has 0 fully saturated rings. The first-order chi connectivity index (χ1) is 9.86. The van der Waals surface area contributed by atoms with Crippen LogP contribution >= 0.6 is 11.3 Å². The first-order valence-electron chi connectivity index (χ1n) is 6.32. The third-order valence-corrected chi connectivity index (χ3v) is 4.50. The molecule has 10 heteroatoms. The van der Waals surface area contributed by atoms with Gasteiger partial charge in [0.25, 0.3) is 0 Å². The number of nitrogens with two attached hydrogens (primary N) is 1. The van der Waals surface area contributed by atoms with Gasteiger partial charge in [0.2, 0.25) is 5.82 Å². The number of hydrogen-bond donors (Lipinski definition) is 1. The van der Waals surface area contributed by atoms with Crippen LogP contribution in [0, 0.1) is 0 Å². The maximum absolute atomic E-state index is 12.8. The van der Waals surface area contributed by atoms with E-state index < -0.39 is 12.0 Å². The van der Waals surface area contributed by atoms with Crippen LogP contribution in [0.15, 0.2) is 6.20 Å². The number of hydrogen-bond acceptors (Lipinski definition) is 6. The van der Waals surface area contributed by atoms with Crippen molar-refractivity contribution in [3.05, 3.63) is 22.7 Å². The minimum atomic E-state index is -4.48. The smallest absolute Gasteiger partial charge is 0.339 e. The van der Waals surface area contributed by atoms with Crippen LogP contribution in [0.5, 0.6) is 0 Å². The molecular weight excluding hydrogens is 305 g/mol. The molecule has 1 atom stereocenters. The molecular formula is C11H13F3N6S. The van der Waals surface area contributed by atoms with Crippen LogP contribution in [0.4, 0.5) is 18.3 Å². The Morgan fingerprint density at radius 3 is 2.71 bits per heavy atom. The van der Waals surface area contributed by atoms with Crippen LogP contribution in [-0.4, -0.2) is 26.3 Å². The summed E-state index contributed by atoms with van der Waals surface area (Å²) in [6.45, 7) is 2.74.